The Labute approximate surface area is 165 Å². The van der Waals surface area contributed by atoms with E-state index in [-0.39, 0.29) is 10.3 Å². The topological polar surface area (TPSA) is 88.0 Å². The number of hydrogen-bond donors (Lipinski definition) is 2. The molecule has 0 spiro atoms. The predicted octanol–water partition coefficient (Wildman–Crippen LogP) is 4.05. The van der Waals surface area contributed by atoms with Gasteiger partial charge in [-0.25, -0.2) is 4.98 Å². The van der Waals surface area contributed by atoms with Crippen LogP contribution in [0.2, 0.25) is 5.15 Å². The molecule has 146 valence electrons. The van der Waals surface area contributed by atoms with Gasteiger partial charge < -0.3 is 10.4 Å². The third kappa shape index (κ3) is 3.43. The molecule has 6 nitrogen and oxygen atoms in total. The van der Waals surface area contributed by atoms with Crippen LogP contribution < -0.4 is 5.32 Å². The van der Waals surface area contributed by atoms with Crippen molar-refractivity contribution in [3.05, 3.63) is 35.6 Å². The SMILES string of the molecule is O=C(Nc1ncc(-c2ccc3nnc(Cl)cc3c2)s1)C1CC(O)(C(F)(F)F)C1. The number of nitrogens with zero attached hydrogens (tertiary/aromatic N) is 3. The molecule has 28 heavy (non-hydrogen) atoms. The fourth-order valence-electron chi connectivity index (χ4n) is 3.02. The van der Waals surface area contributed by atoms with Gasteiger partial charge in [0.15, 0.2) is 15.9 Å². The molecular formula is C17H12ClF3N4O2S. The molecule has 4 rings (SSSR count). The van der Waals surface area contributed by atoms with Gasteiger partial charge in [0.2, 0.25) is 5.91 Å². The average Bonchev–Trinajstić information content (AvgIpc) is 3.05. The van der Waals surface area contributed by atoms with Crippen molar-refractivity contribution in [2.75, 3.05) is 5.32 Å². The smallest absolute Gasteiger partial charge is 0.380 e. The summed E-state index contributed by atoms with van der Waals surface area (Å²) in [7, 11) is 0. The minimum atomic E-state index is -4.73. The fraction of sp³-hybridized carbons (Fsp3) is 0.294. The van der Waals surface area contributed by atoms with Crippen LogP contribution in [0, 0.1) is 5.92 Å². The Hall–Kier alpha value is -2.30. The normalized spacial score (nSPS) is 22.1. The zero-order valence-electron chi connectivity index (χ0n) is 14.0. The summed E-state index contributed by atoms with van der Waals surface area (Å²) in [6.45, 7) is 0. The van der Waals surface area contributed by atoms with Crippen molar-refractivity contribution in [3.8, 4) is 10.4 Å². The molecule has 2 aromatic heterocycles. The molecule has 2 heterocycles. The maximum absolute atomic E-state index is 12.7. The van der Waals surface area contributed by atoms with Crippen LogP contribution in [-0.2, 0) is 4.79 Å². The van der Waals surface area contributed by atoms with Gasteiger partial charge in [-0.05, 0) is 36.6 Å². The number of halogens is 4. The van der Waals surface area contributed by atoms with Gasteiger partial charge in [-0.15, -0.1) is 10.2 Å². The van der Waals surface area contributed by atoms with Crippen LogP contribution in [0.15, 0.2) is 30.5 Å². The van der Waals surface area contributed by atoms with E-state index in [9.17, 15) is 23.1 Å². The molecule has 1 aromatic carbocycles. The maximum Gasteiger partial charge on any atom is 0.417 e. The number of carbonyl (C=O) groups is 1. The summed E-state index contributed by atoms with van der Waals surface area (Å²) >= 11 is 7.04. The number of amides is 1. The van der Waals surface area contributed by atoms with Crippen molar-refractivity contribution in [1.82, 2.24) is 15.2 Å². The Morgan fingerprint density at radius 3 is 2.75 bits per heavy atom. The van der Waals surface area contributed by atoms with Gasteiger partial charge in [0, 0.05) is 17.5 Å². The quantitative estimate of drug-likeness (QED) is 0.657. The lowest BCUT2D eigenvalue weighted by molar-refractivity contribution is -0.295. The minimum Gasteiger partial charge on any atom is -0.380 e. The first-order valence-corrected chi connectivity index (χ1v) is 9.33. The molecule has 2 N–H and O–H groups in total. The molecule has 1 aliphatic rings. The average molecular weight is 429 g/mol. The Balaban J connectivity index is 1.46. The van der Waals surface area contributed by atoms with Crippen LogP contribution in [0.1, 0.15) is 12.8 Å². The van der Waals surface area contributed by atoms with Crippen molar-refractivity contribution >= 4 is 44.9 Å². The number of hydrogen-bond acceptors (Lipinski definition) is 6. The van der Waals surface area contributed by atoms with Crippen LogP contribution in [0.3, 0.4) is 0 Å². The number of alkyl halides is 3. The molecule has 11 heteroatoms. The lowest BCUT2D eigenvalue weighted by Gasteiger charge is -2.43. The Bertz CT molecular complexity index is 1070. The van der Waals surface area contributed by atoms with Crippen LogP contribution >= 0.6 is 22.9 Å². The number of aromatic nitrogens is 3. The molecule has 0 atom stereocenters. The van der Waals surface area contributed by atoms with Gasteiger partial charge in [0.25, 0.3) is 0 Å². The zero-order chi connectivity index (χ0) is 20.1. The van der Waals surface area contributed by atoms with E-state index in [2.05, 4.69) is 20.5 Å². The molecule has 0 saturated heterocycles. The third-order valence-corrected chi connectivity index (χ3v) is 5.79. The summed E-state index contributed by atoms with van der Waals surface area (Å²) < 4.78 is 38.0. The monoisotopic (exact) mass is 428 g/mol. The summed E-state index contributed by atoms with van der Waals surface area (Å²) in [6, 6.07) is 7.12. The van der Waals surface area contributed by atoms with Crippen molar-refractivity contribution in [2.45, 2.75) is 24.6 Å². The summed E-state index contributed by atoms with van der Waals surface area (Å²) in [5.41, 5.74) is -1.28. The highest BCUT2D eigenvalue weighted by atomic mass is 35.5. The number of anilines is 1. The molecule has 1 fully saturated rings. The Morgan fingerprint density at radius 2 is 2.04 bits per heavy atom. The van der Waals surface area contributed by atoms with Crippen LogP contribution in [0.25, 0.3) is 21.3 Å². The summed E-state index contributed by atoms with van der Waals surface area (Å²) in [5, 5.41) is 21.0. The molecule has 1 saturated carbocycles. The zero-order valence-corrected chi connectivity index (χ0v) is 15.6. The van der Waals surface area contributed by atoms with E-state index in [1.54, 1.807) is 18.3 Å². The molecule has 0 unspecified atom stereocenters. The van der Waals surface area contributed by atoms with Crippen molar-refractivity contribution in [1.29, 1.82) is 0 Å². The van der Waals surface area contributed by atoms with Crippen molar-refractivity contribution < 1.29 is 23.1 Å². The molecule has 0 radical (unpaired) electrons. The second-order valence-electron chi connectivity index (χ2n) is 6.59. The lowest BCUT2D eigenvalue weighted by atomic mass is 9.70. The molecular weight excluding hydrogens is 417 g/mol. The molecule has 3 aromatic rings. The summed E-state index contributed by atoms with van der Waals surface area (Å²) in [5.74, 6) is -1.49. The standard InChI is InChI=1S/C17H12ClF3N4O2S/c18-13-4-9-3-8(1-2-11(9)24-25-13)12-7-22-15(28-12)23-14(26)10-5-16(27,6-10)17(19,20)21/h1-4,7,10,27H,5-6H2,(H,22,23,26). The van der Waals surface area contributed by atoms with Gasteiger partial charge in [0.1, 0.15) is 0 Å². The van der Waals surface area contributed by atoms with Crippen LogP contribution in [0.4, 0.5) is 18.3 Å². The van der Waals surface area contributed by atoms with E-state index < -0.39 is 36.4 Å². The molecule has 0 aliphatic heterocycles. The molecule has 1 aliphatic carbocycles. The van der Waals surface area contributed by atoms with Gasteiger partial charge in [-0.2, -0.15) is 13.2 Å². The van der Waals surface area contributed by atoms with Crippen molar-refractivity contribution in [3.63, 3.8) is 0 Å². The fourth-order valence-corrected chi connectivity index (χ4v) is 3.99. The van der Waals surface area contributed by atoms with Crippen LogP contribution in [0.5, 0.6) is 0 Å². The van der Waals surface area contributed by atoms with E-state index in [0.717, 1.165) is 15.8 Å². The molecule has 1 amide bonds. The van der Waals surface area contributed by atoms with Crippen LogP contribution in [-0.4, -0.2) is 38.0 Å². The van der Waals surface area contributed by atoms with Crippen molar-refractivity contribution in [2.24, 2.45) is 5.92 Å². The van der Waals surface area contributed by atoms with Gasteiger partial charge in [-0.3, -0.25) is 4.79 Å². The second kappa shape index (κ2) is 6.64. The number of thiazole rings is 1. The largest absolute Gasteiger partial charge is 0.417 e. The number of fused-ring (bicyclic) bond motifs is 1. The predicted molar refractivity (Wildman–Crippen MR) is 98.0 cm³/mol. The third-order valence-electron chi connectivity index (χ3n) is 4.64. The van der Waals surface area contributed by atoms with E-state index in [4.69, 9.17) is 11.6 Å². The Morgan fingerprint density at radius 1 is 1.29 bits per heavy atom. The number of nitrogens with one attached hydrogen (secondary N) is 1. The van der Waals surface area contributed by atoms with Gasteiger partial charge >= 0.3 is 6.18 Å². The number of rotatable bonds is 3. The first kappa shape index (κ1) is 19.0. The number of aliphatic hydroxyl groups is 1. The first-order valence-electron chi connectivity index (χ1n) is 8.14. The minimum absolute atomic E-state index is 0.265. The molecule has 0 bridgehead atoms. The van der Waals surface area contributed by atoms with Gasteiger partial charge in [-0.1, -0.05) is 29.0 Å². The highest BCUT2D eigenvalue weighted by Gasteiger charge is 2.62. The van der Waals surface area contributed by atoms with E-state index in [1.807, 2.05) is 12.1 Å². The van der Waals surface area contributed by atoms with E-state index in [1.165, 1.54) is 11.3 Å². The summed E-state index contributed by atoms with van der Waals surface area (Å²) in [4.78, 5) is 17.0. The lowest BCUT2D eigenvalue weighted by Crippen LogP contribution is -2.57. The number of carbonyl (C=O) groups excluding carboxylic acids is 1. The van der Waals surface area contributed by atoms with E-state index in [0.29, 0.717) is 5.52 Å². The Kier molecular flexibility index (Phi) is 4.52. The highest BCUT2D eigenvalue weighted by molar-refractivity contribution is 7.19. The van der Waals surface area contributed by atoms with E-state index >= 15 is 0 Å². The second-order valence-corrected chi connectivity index (χ2v) is 8.01. The number of benzene rings is 1. The summed E-state index contributed by atoms with van der Waals surface area (Å²) in [6.07, 6.45) is -4.47. The first-order chi connectivity index (χ1) is 13.1. The van der Waals surface area contributed by atoms with Gasteiger partial charge in [0.05, 0.1) is 10.4 Å². The highest BCUT2D eigenvalue weighted by Crippen LogP contribution is 2.48. The maximum atomic E-state index is 12.7.